The van der Waals surface area contributed by atoms with Crippen LogP contribution in [-0.2, 0) is 18.0 Å². The van der Waals surface area contributed by atoms with Gasteiger partial charge in [0, 0.05) is 11.6 Å². The van der Waals surface area contributed by atoms with Crippen LogP contribution in [0.25, 0.3) is 0 Å². The van der Waals surface area contributed by atoms with E-state index in [-0.39, 0.29) is 0 Å². The molecule has 0 amide bonds. The number of hydrogen-bond donors (Lipinski definition) is 1. The van der Waals surface area contributed by atoms with Gasteiger partial charge in [-0.3, -0.25) is 4.84 Å². The van der Waals surface area contributed by atoms with Crippen LogP contribution < -0.4 is 5.48 Å². The zero-order valence-electron chi connectivity index (χ0n) is 9.40. The number of benzene rings is 2. The van der Waals surface area contributed by atoms with Crippen molar-refractivity contribution in [1.82, 2.24) is 5.48 Å². The second kappa shape index (κ2) is 6.40. The third kappa shape index (κ3) is 4.19. The van der Waals surface area contributed by atoms with Crippen LogP contribution >= 0.6 is 11.6 Å². The fourth-order valence-corrected chi connectivity index (χ4v) is 1.57. The minimum Gasteiger partial charge on any atom is -0.297 e. The fourth-order valence-electron chi connectivity index (χ4n) is 1.45. The van der Waals surface area contributed by atoms with E-state index in [1.165, 1.54) is 0 Å². The van der Waals surface area contributed by atoms with E-state index in [4.69, 9.17) is 16.4 Å². The maximum absolute atomic E-state index is 5.80. The van der Waals surface area contributed by atoms with Crippen molar-refractivity contribution >= 4 is 11.6 Å². The summed E-state index contributed by atoms with van der Waals surface area (Å²) in [5.41, 5.74) is 5.22. The third-order valence-corrected chi connectivity index (χ3v) is 2.63. The number of hydrogen-bond acceptors (Lipinski definition) is 2. The van der Waals surface area contributed by atoms with Crippen molar-refractivity contribution < 1.29 is 4.84 Å². The van der Waals surface area contributed by atoms with Crippen LogP contribution in [0.2, 0.25) is 5.02 Å². The van der Waals surface area contributed by atoms with Crippen molar-refractivity contribution in [2.45, 2.75) is 13.2 Å². The molecule has 0 aliphatic heterocycles. The normalized spacial score (nSPS) is 10.4. The first kappa shape index (κ1) is 12.1. The summed E-state index contributed by atoms with van der Waals surface area (Å²) in [6, 6.07) is 17.7. The van der Waals surface area contributed by atoms with Crippen molar-refractivity contribution in [2.24, 2.45) is 0 Å². The average molecular weight is 248 g/mol. The van der Waals surface area contributed by atoms with Gasteiger partial charge in [0.15, 0.2) is 0 Å². The quantitative estimate of drug-likeness (QED) is 0.644. The molecule has 2 aromatic rings. The molecule has 17 heavy (non-hydrogen) atoms. The molecule has 0 bridgehead atoms. The Kier molecular flexibility index (Phi) is 4.56. The lowest BCUT2D eigenvalue weighted by atomic mass is 10.2. The highest BCUT2D eigenvalue weighted by molar-refractivity contribution is 6.30. The minimum absolute atomic E-state index is 0.564. The molecule has 0 aromatic heterocycles. The van der Waals surface area contributed by atoms with Gasteiger partial charge in [-0.1, -0.05) is 54.1 Å². The first-order valence-corrected chi connectivity index (χ1v) is 5.85. The fraction of sp³-hybridized carbons (Fsp3) is 0.143. The second-order valence-electron chi connectivity index (χ2n) is 3.72. The lowest BCUT2D eigenvalue weighted by Crippen LogP contribution is -2.13. The van der Waals surface area contributed by atoms with Gasteiger partial charge in [0.25, 0.3) is 0 Å². The monoisotopic (exact) mass is 247 g/mol. The molecule has 0 saturated heterocycles. The van der Waals surface area contributed by atoms with E-state index in [1.54, 1.807) is 0 Å². The molecule has 0 spiro atoms. The Morgan fingerprint density at radius 1 is 0.882 bits per heavy atom. The highest BCUT2D eigenvalue weighted by Crippen LogP contribution is 2.09. The molecule has 0 saturated carbocycles. The topological polar surface area (TPSA) is 21.3 Å². The van der Waals surface area contributed by atoms with Crippen molar-refractivity contribution in [1.29, 1.82) is 0 Å². The van der Waals surface area contributed by atoms with Gasteiger partial charge >= 0.3 is 0 Å². The Labute approximate surface area is 106 Å². The molecular weight excluding hydrogens is 234 g/mol. The maximum atomic E-state index is 5.80. The minimum atomic E-state index is 0.564. The summed E-state index contributed by atoms with van der Waals surface area (Å²) in [6.07, 6.45) is 0. The Hall–Kier alpha value is -1.35. The van der Waals surface area contributed by atoms with Gasteiger partial charge in [-0.15, -0.1) is 0 Å². The predicted octanol–water partition coefficient (Wildman–Crippen LogP) is 3.56. The van der Waals surface area contributed by atoms with Crippen LogP contribution in [0.1, 0.15) is 11.1 Å². The van der Waals surface area contributed by atoms with Crippen molar-refractivity contribution in [3.63, 3.8) is 0 Å². The number of nitrogens with one attached hydrogen (secondary N) is 1. The molecule has 0 heterocycles. The zero-order chi connectivity index (χ0) is 11.9. The molecule has 0 atom stereocenters. The Morgan fingerprint density at radius 3 is 2.29 bits per heavy atom. The highest BCUT2D eigenvalue weighted by atomic mass is 35.5. The summed E-state index contributed by atoms with van der Waals surface area (Å²) in [5.74, 6) is 0. The molecule has 0 radical (unpaired) electrons. The highest BCUT2D eigenvalue weighted by Gasteiger charge is 1.94. The Balaban J connectivity index is 1.71. The maximum Gasteiger partial charge on any atom is 0.0933 e. The van der Waals surface area contributed by atoms with E-state index in [2.05, 4.69) is 5.48 Å². The van der Waals surface area contributed by atoms with E-state index >= 15 is 0 Å². The number of rotatable bonds is 5. The van der Waals surface area contributed by atoms with E-state index in [0.717, 1.165) is 16.1 Å². The summed E-state index contributed by atoms with van der Waals surface area (Å²) in [6.45, 7) is 1.23. The predicted molar refractivity (Wildman–Crippen MR) is 69.5 cm³/mol. The molecule has 2 nitrogen and oxygen atoms in total. The van der Waals surface area contributed by atoms with Gasteiger partial charge < -0.3 is 0 Å². The summed E-state index contributed by atoms with van der Waals surface area (Å²) < 4.78 is 0. The molecule has 0 aliphatic rings. The molecule has 3 heteroatoms. The van der Waals surface area contributed by atoms with Gasteiger partial charge in [0.1, 0.15) is 0 Å². The van der Waals surface area contributed by atoms with Crippen molar-refractivity contribution in [2.75, 3.05) is 0 Å². The summed E-state index contributed by atoms with van der Waals surface area (Å²) >= 11 is 5.80. The Morgan fingerprint density at radius 2 is 1.59 bits per heavy atom. The van der Waals surface area contributed by atoms with Crippen LogP contribution in [0.3, 0.4) is 0 Å². The van der Waals surface area contributed by atoms with Gasteiger partial charge in [0.2, 0.25) is 0 Å². The molecule has 0 aliphatic carbocycles. The standard InChI is InChI=1S/C14H14ClNO/c15-14-8-6-12(7-9-14)10-16-17-11-13-4-2-1-3-5-13/h1-9,16H,10-11H2. The van der Waals surface area contributed by atoms with E-state index in [0.29, 0.717) is 13.2 Å². The van der Waals surface area contributed by atoms with Crippen molar-refractivity contribution in [3.8, 4) is 0 Å². The number of halogens is 1. The first-order valence-electron chi connectivity index (χ1n) is 5.47. The van der Waals surface area contributed by atoms with E-state index in [9.17, 15) is 0 Å². The molecule has 0 fully saturated rings. The lowest BCUT2D eigenvalue weighted by Gasteiger charge is -2.06. The molecule has 1 N–H and O–H groups in total. The SMILES string of the molecule is Clc1ccc(CNOCc2ccccc2)cc1. The first-order chi connectivity index (χ1) is 8.34. The molecule has 2 rings (SSSR count). The van der Waals surface area contributed by atoms with Gasteiger partial charge in [-0.2, -0.15) is 5.48 Å². The van der Waals surface area contributed by atoms with E-state index in [1.807, 2.05) is 54.6 Å². The van der Waals surface area contributed by atoms with Crippen LogP contribution in [0.4, 0.5) is 0 Å². The van der Waals surface area contributed by atoms with Crippen LogP contribution in [0.5, 0.6) is 0 Å². The molecule has 2 aromatic carbocycles. The average Bonchev–Trinajstić information content (AvgIpc) is 2.38. The zero-order valence-corrected chi connectivity index (χ0v) is 10.2. The molecule has 0 unspecified atom stereocenters. The third-order valence-electron chi connectivity index (χ3n) is 2.37. The molecular formula is C14H14ClNO. The van der Waals surface area contributed by atoms with Gasteiger partial charge in [0.05, 0.1) is 6.61 Å². The van der Waals surface area contributed by atoms with E-state index < -0.39 is 0 Å². The van der Waals surface area contributed by atoms with Crippen LogP contribution in [0.15, 0.2) is 54.6 Å². The summed E-state index contributed by atoms with van der Waals surface area (Å²) in [4.78, 5) is 5.37. The second-order valence-corrected chi connectivity index (χ2v) is 4.16. The largest absolute Gasteiger partial charge is 0.297 e. The smallest absolute Gasteiger partial charge is 0.0933 e. The van der Waals surface area contributed by atoms with Gasteiger partial charge in [-0.05, 0) is 23.3 Å². The van der Waals surface area contributed by atoms with Crippen LogP contribution in [-0.4, -0.2) is 0 Å². The summed E-state index contributed by atoms with van der Waals surface area (Å²) in [5, 5.41) is 0.749. The number of hydroxylamine groups is 1. The van der Waals surface area contributed by atoms with Crippen LogP contribution in [0, 0.1) is 0 Å². The Bertz CT molecular complexity index is 442. The van der Waals surface area contributed by atoms with Crippen molar-refractivity contribution in [3.05, 3.63) is 70.7 Å². The lowest BCUT2D eigenvalue weighted by molar-refractivity contribution is 0.0235. The molecule has 88 valence electrons. The van der Waals surface area contributed by atoms with Gasteiger partial charge in [-0.25, -0.2) is 0 Å². The summed E-state index contributed by atoms with van der Waals surface area (Å²) in [7, 11) is 0.